The highest BCUT2D eigenvalue weighted by atomic mass is 16.5. The maximum atomic E-state index is 13.0. The van der Waals surface area contributed by atoms with E-state index in [2.05, 4.69) is 34.6 Å². The Kier molecular flexibility index (Phi) is 7.01. The molecule has 12 atom stereocenters. The molecule has 190 valence electrons. The molecule has 1 saturated heterocycles. The fraction of sp³-hybridized carbons (Fsp3) is 0.964. The average Bonchev–Trinajstić information content (AvgIpc) is 3.08. The average molecular weight is 465 g/mol. The first kappa shape index (κ1) is 25.4. The van der Waals surface area contributed by atoms with Crippen LogP contribution < -0.4 is 0 Å². The molecular formula is C28H48O5. The molecule has 0 amide bonds. The predicted molar refractivity (Wildman–Crippen MR) is 128 cm³/mol. The number of aliphatic hydroxyl groups is 3. The third-order valence-electron chi connectivity index (χ3n) is 11.5. The minimum Gasteiger partial charge on any atom is -0.465 e. The standard InChI is InChI=1S/C28H48O5/c1-15(2)16(3)24(30)25(31)17(4)20-7-8-21-19-14-33-26(32)23-13-18(29)9-11-28(23,6)22(19)10-12-27(20,21)5/h15-25,29-31H,7-14H2,1-6H3/t16-,17+,18+,19-,20+,21-,22-,23+,24+,25+,27+,28+/m0/s1. The Balaban J connectivity index is 1.56. The van der Waals surface area contributed by atoms with E-state index >= 15 is 0 Å². The molecule has 3 saturated carbocycles. The Morgan fingerprint density at radius 2 is 1.55 bits per heavy atom. The number of aliphatic hydroxyl groups excluding tert-OH is 3. The molecule has 1 heterocycles. The van der Waals surface area contributed by atoms with Crippen LogP contribution in [0.3, 0.4) is 0 Å². The molecule has 3 aliphatic carbocycles. The first-order valence-electron chi connectivity index (χ1n) is 13.6. The Morgan fingerprint density at radius 1 is 0.909 bits per heavy atom. The molecule has 0 radical (unpaired) electrons. The van der Waals surface area contributed by atoms with Gasteiger partial charge in [0.2, 0.25) is 0 Å². The summed E-state index contributed by atoms with van der Waals surface area (Å²) < 4.78 is 5.91. The van der Waals surface area contributed by atoms with Crippen molar-refractivity contribution in [2.24, 2.45) is 58.2 Å². The fourth-order valence-corrected chi connectivity index (χ4v) is 8.90. The molecule has 3 N–H and O–H groups in total. The van der Waals surface area contributed by atoms with Crippen LogP contribution in [-0.4, -0.2) is 46.2 Å². The molecule has 0 bridgehead atoms. The van der Waals surface area contributed by atoms with Crippen molar-refractivity contribution < 1.29 is 24.9 Å². The van der Waals surface area contributed by atoms with Gasteiger partial charge in [-0.25, -0.2) is 0 Å². The van der Waals surface area contributed by atoms with Gasteiger partial charge in [0.25, 0.3) is 0 Å². The van der Waals surface area contributed by atoms with Gasteiger partial charge < -0.3 is 20.1 Å². The van der Waals surface area contributed by atoms with Crippen LogP contribution in [-0.2, 0) is 9.53 Å². The maximum Gasteiger partial charge on any atom is 0.309 e. The van der Waals surface area contributed by atoms with E-state index < -0.39 is 12.2 Å². The summed E-state index contributed by atoms with van der Waals surface area (Å²) in [5, 5.41) is 32.3. The number of ether oxygens (including phenoxy) is 1. The molecule has 0 unspecified atom stereocenters. The number of hydrogen-bond donors (Lipinski definition) is 3. The Hall–Kier alpha value is -0.650. The minimum absolute atomic E-state index is 0.0363. The number of esters is 1. The Labute approximate surface area is 200 Å². The van der Waals surface area contributed by atoms with Gasteiger partial charge in [0.05, 0.1) is 30.8 Å². The van der Waals surface area contributed by atoms with E-state index in [1.807, 2.05) is 6.92 Å². The van der Waals surface area contributed by atoms with Crippen LogP contribution in [0.1, 0.15) is 86.5 Å². The van der Waals surface area contributed by atoms with E-state index in [4.69, 9.17) is 4.74 Å². The van der Waals surface area contributed by atoms with Crippen molar-refractivity contribution in [3.05, 3.63) is 0 Å². The summed E-state index contributed by atoms with van der Waals surface area (Å²) in [6.07, 6.45) is 4.78. The lowest BCUT2D eigenvalue weighted by Gasteiger charge is -2.55. The van der Waals surface area contributed by atoms with Crippen molar-refractivity contribution in [3.8, 4) is 0 Å². The molecule has 0 aromatic heterocycles. The minimum atomic E-state index is -0.714. The van der Waals surface area contributed by atoms with Gasteiger partial charge in [-0.1, -0.05) is 41.5 Å². The van der Waals surface area contributed by atoms with Crippen LogP contribution in [0, 0.1) is 58.2 Å². The van der Waals surface area contributed by atoms with Crippen molar-refractivity contribution in [2.45, 2.75) is 105 Å². The van der Waals surface area contributed by atoms with Gasteiger partial charge in [-0.3, -0.25) is 4.79 Å². The van der Waals surface area contributed by atoms with E-state index in [1.165, 1.54) is 0 Å². The maximum absolute atomic E-state index is 13.0. The highest BCUT2D eigenvalue weighted by Crippen LogP contribution is 2.66. The summed E-state index contributed by atoms with van der Waals surface area (Å²) in [6.45, 7) is 13.6. The number of carbonyl (C=O) groups is 1. The molecule has 1 aliphatic heterocycles. The van der Waals surface area contributed by atoms with Gasteiger partial charge in [0.1, 0.15) is 0 Å². The number of cyclic esters (lactones) is 1. The van der Waals surface area contributed by atoms with E-state index in [0.717, 1.165) is 38.5 Å². The van der Waals surface area contributed by atoms with Crippen molar-refractivity contribution in [3.63, 3.8) is 0 Å². The zero-order valence-electron chi connectivity index (χ0n) is 21.7. The lowest BCUT2D eigenvalue weighted by atomic mass is 9.48. The molecule has 5 nitrogen and oxygen atoms in total. The predicted octanol–water partition coefficient (Wildman–Crippen LogP) is 4.42. The van der Waals surface area contributed by atoms with Gasteiger partial charge in [-0.2, -0.15) is 0 Å². The summed E-state index contributed by atoms with van der Waals surface area (Å²) in [4.78, 5) is 13.0. The van der Waals surface area contributed by atoms with Crippen LogP contribution in [0.15, 0.2) is 0 Å². The molecule has 0 aromatic carbocycles. The number of fused-ring (bicyclic) bond motifs is 5. The summed E-state index contributed by atoms with van der Waals surface area (Å²) in [5.74, 6) is 1.78. The van der Waals surface area contributed by atoms with Crippen molar-refractivity contribution >= 4 is 5.97 Å². The quantitative estimate of drug-likeness (QED) is 0.524. The second-order valence-electron chi connectivity index (χ2n) is 13.2. The molecule has 4 rings (SSSR count). The van der Waals surface area contributed by atoms with Crippen LogP contribution in [0.5, 0.6) is 0 Å². The summed E-state index contributed by atoms with van der Waals surface area (Å²) >= 11 is 0. The summed E-state index contributed by atoms with van der Waals surface area (Å²) in [5.41, 5.74) is 0.00402. The molecular weight excluding hydrogens is 416 g/mol. The van der Waals surface area contributed by atoms with Crippen molar-refractivity contribution in [2.75, 3.05) is 6.61 Å². The lowest BCUT2D eigenvalue weighted by molar-refractivity contribution is -0.155. The Morgan fingerprint density at radius 3 is 2.21 bits per heavy atom. The SMILES string of the molecule is CC(C)[C@H](C)[C@@H](O)[C@H](O)[C@H](C)[C@H]1CC[C@H]2[C@@H]3COC(=O)[C@H]4C[C@H](O)CC[C@]4(C)[C@H]3CC[C@]12C. The van der Waals surface area contributed by atoms with Gasteiger partial charge in [0.15, 0.2) is 0 Å². The second-order valence-corrected chi connectivity index (χ2v) is 13.2. The third-order valence-corrected chi connectivity index (χ3v) is 11.5. The third kappa shape index (κ3) is 4.08. The zero-order valence-corrected chi connectivity index (χ0v) is 21.7. The van der Waals surface area contributed by atoms with Crippen LogP contribution in [0.4, 0.5) is 0 Å². The van der Waals surface area contributed by atoms with E-state index in [1.54, 1.807) is 0 Å². The molecule has 0 spiro atoms. The first-order valence-corrected chi connectivity index (χ1v) is 13.6. The molecule has 4 aliphatic rings. The molecule has 5 heteroatoms. The van der Waals surface area contributed by atoms with Crippen LogP contribution in [0.2, 0.25) is 0 Å². The van der Waals surface area contributed by atoms with Gasteiger partial charge >= 0.3 is 5.97 Å². The first-order chi connectivity index (χ1) is 15.4. The molecule has 0 aromatic rings. The number of carbonyl (C=O) groups excluding carboxylic acids is 1. The number of hydrogen-bond acceptors (Lipinski definition) is 5. The highest BCUT2D eigenvalue weighted by Gasteiger charge is 2.62. The summed E-state index contributed by atoms with van der Waals surface area (Å²) in [7, 11) is 0. The number of rotatable bonds is 5. The van der Waals surface area contributed by atoms with Gasteiger partial charge in [0, 0.05) is 0 Å². The fourth-order valence-electron chi connectivity index (χ4n) is 8.90. The smallest absolute Gasteiger partial charge is 0.309 e. The van der Waals surface area contributed by atoms with E-state index in [9.17, 15) is 20.1 Å². The van der Waals surface area contributed by atoms with Crippen molar-refractivity contribution in [1.82, 2.24) is 0 Å². The normalized spacial score (nSPS) is 46.9. The topological polar surface area (TPSA) is 87.0 Å². The summed E-state index contributed by atoms with van der Waals surface area (Å²) in [6, 6.07) is 0. The van der Waals surface area contributed by atoms with Gasteiger partial charge in [-0.15, -0.1) is 0 Å². The van der Waals surface area contributed by atoms with Crippen LogP contribution in [0.25, 0.3) is 0 Å². The monoisotopic (exact) mass is 464 g/mol. The molecule has 33 heavy (non-hydrogen) atoms. The lowest BCUT2D eigenvalue weighted by Crippen LogP contribution is -2.52. The Bertz CT molecular complexity index is 723. The van der Waals surface area contributed by atoms with Gasteiger partial charge in [-0.05, 0) is 97.2 Å². The van der Waals surface area contributed by atoms with E-state index in [0.29, 0.717) is 42.6 Å². The largest absolute Gasteiger partial charge is 0.465 e. The molecule has 4 fully saturated rings. The van der Waals surface area contributed by atoms with E-state index in [-0.39, 0.29) is 40.7 Å². The van der Waals surface area contributed by atoms with Crippen LogP contribution >= 0.6 is 0 Å². The van der Waals surface area contributed by atoms with Crippen molar-refractivity contribution in [1.29, 1.82) is 0 Å². The second kappa shape index (κ2) is 9.09. The zero-order chi connectivity index (χ0) is 24.3. The highest BCUT2D eigenvalue weighted by molar-refractivity contribution is 5.74.